The number of para-hydroxylation sites is 4. The molecule has 0 unspecified atom stereocenters. The maximum absolute atomic E-state index is 10.7. The van der Waals surface area contributed by atoms with Crippen LogP contribution in [0.3, 0.4) is 0 Å². The van der Waals surface area contributed by atoms with Crippen LogP contribution in [-0.2, 0) is 0 Å². The Morgan fingerprint density at radius 1 is 0.447 bits per heavy atom. The largest absolute Gasteiger partial charge is 0.508 e. The van der Waals surface area contributed by atoms with Gasteiger partial charge in [-0.3, -0.25) is 0 Å². The summed E-state index contributed by atoms with van der Waals surface area (Å²) in [6.07, 6.45) is 3.87. The molecular formula is C32H34N2O4. The highest BCUT2D eigenvalue weighted by molar-refractivity contribution is 5.47. The molecule has 0 aliphatic heterocycles. The molecule has 1 fully saturated rings. The molecule has 0 heterocycles. The lowest BCUT2D eigenvalue weighted by Gasteiger charge is -2.38. The fourth-order valence-corrected chi connectivity index (χ4v) is 5.58. The third-order valence-electron chi connectivity index (χ3n) is 7.52. The van der Waals surface area contributed by atoms with Crippen LogP contribution >= 0.6 is 0 Å². The van der Waals surface area contributed by atoms with Crippen LogP contribution in [0.15, 0.2) is 97.1 Å². The molecule has 1 aliphatic carbocycles. The second kappa shape index (κ2) is 11.6. The highest BCUT2D eigenvalue weighted by Crippen LogP contribution is 2.38. The molecule has 1 aliphatic rings. The molecule has 1 saturated carbocycles. The van der Waals surface area contributed by atoms with Gasteiger partial charge in [0.15, 0.2) is 0 Å². The normalized spacial score (nSPS) is 17.6. The van der Waals surface area contributed by atoms with E-state index in [-0.39, 0.29) is 35.1 Å². The molecule has 0 radical (unpaired) electrons. The summed E-state index contributed by atoms with van der Waals surface area (Å²) in [6.45, 7) is 0. The minimum Gasteiger partial charge on any atom is -0.508 e. The van der Waals surface area contributed by atoms with Crippen molar-refractivity contribution >= 4 is 0 Å². The number of aromatic hydroxyl groups is 4. The van der Waals surface area contributed by atoms with Crippen LogP contribution in [0.1, 0.15) is 60.0 Å². The third-order valence-corrected chi connectivity index (χ3v) is 7.52. The zero-order valence-electron chi connectivity index (χ0n) is 21.2. The van der Waals surface area contributed by atoms with E-state index in [1.165, 1.54) is 0 Å². The van der Waals surface area contributed by atoms with Crippen molar-refractivity contribution in [3.05, 3.63) is 119 Å². The van der Waals surface area contributed by atoms with E-state index in [0.29, 0.717) is 22.3 Å². The first-order chi connectivity index (χ1) is 18.5. The maximum atomic E-state index is 10.7. The van der Waals surface area contributed by atoms with Gasteiger partial charge in [-0.15, -0.1) is 0 Å². The Morgan fingerprint density at radius 3 is 0.974 bits per heavy atom. The number of benzene rings is 4. The summed E-state index contributed by atoms with van der Waals surface area (Å²) < 4.78 is 0. The number of phenolic OH excluding ortho intramolecular Hbond substituents is 4. The van der Waals surface area contributed by atoms with E-state index in [4.69, 9.17) is 0 Å². The van der Waals surface area contributed by atoms with Crippen molar-refractivity contribution in [2.24, 2.45) is 0 Å². The molecule has 0 bridgehead atoms. The molecule has 6 nitrogen and oxygen atoms in total. The molecule has 0 spiro atoms. The molecule has 6 N–H and O–H groups in total. The minimum absolute atomic E-state index is 0.00725. The monoisotopic (exact) mass is 510 g/mol. The summed E-state index contributed by atoms with van der Waals surface area (Å²) in [5.74, 6) is 0.648. The van der Waals surface area contributed by atoms with Gasteiger partial charge in [-0.05, 0) is 37.1 Å². The van der Waals surface area contributed by atoms with Gasteiger partial charge in [0.1, 0.15) is 23.0 Å². The van der Waals surface area contributed by atoms with Gasteiger partial charge in [0.2, 0.25) is 0 Å². The highest BCUT2D eigenvalue weighted by atomic mass is 16.3. The molecule has 4 aromatic carbocycles. The lowest BCUT2D eigenvalue weighted by molar-refractivity contribution is 0.257. The predicted octanol–water partition coefficient (Wildman–Crippen LogP) is 5.88. The van der Waals surface area contributed by atoms with E-state index in [9.17, 15) is 20.4 Å². The van der Waals surface area contributed by atoms with Gasteiger partial charge in [0.25, 0.3) is 0 Å². The van der Waals surface area contributed by atoms with E-state index in [2.05, 4.69) is 10.6 Å². The molecular weight excluding hydrogens is 476 g/mol. The smallest absolute Gasteiger partial charge is 0.120 e. The molecule has 38 heavy (non-hydrogen) atoms. The highest BCUT2D eigenvalue weighted by Gasteiger charge is 2.33. The van der Waals surface area contributed by atoms with Crippen LogP contribution in [0.4, 0.5) is 0 Å². The molecule has 2 atom stereocenters. The Labute approximate surface area is 223 Å². The Bertz CT molecular complexity index is 1180. The topological polar surface area (TPSA) is 105 Å². The van der Waals surface area contributed by atoms with Crippen molar-refractivity contribution in [1.29, 1.82) is 0 Å². The Hall–Kier alpha value is -4.00. The fourth-order valence-electron chi connectivity index (χ4n) is 5.58. The van der Waals surface area contributed by atoms with Crippen molar-refractivity contribution in [3.8, 4) is 23.0 Å². The van der Waals surface area contributed by atoms with Gasteiger partial charge in [-0.1, -0.05) is 85.6 Å². The van der Waals surface area contributed by atoms with E-state index in [0.717, 1.165) is 25.7 Å². The summed E-state index contributed by atoms with van der Waals surface area (Å²) in [5, 5.41) is 50.5. The van der Waals surface area contributed by atoms with Crippen LogP contribution < -0.4 is 10.6 Å². The van der Waals surface area contributed by atoms with E-state index in [1.54, 1.807) is 48.5 Å². The average Bonchev–Trinajstić information content (AvgIpc) is 2.93. The minimum atomic E-state index is -0.432. The van der Waals surface area contributed by atoms with Crippen molar-refractivity contribution < 1.29 is 20.4 Å². The number of nitrogens with one attached hydrogen (secondary N) is 2. The number of hydrogen-bond acceptors (Lipinski definition) is 6. The third kappa shape index (κ3) is 5.47. The molecule has 6 heteroatoms. The first-order valence-corrected chi connectivity index (χ1v) is 13.2. The van der Waals surface area contributed by atoms with Crippen LogP contribution in [0.25, 0.3) is 0 Å². The molecule has 0 amide bonds. The quantitative estimate of drug-likeness (QED) is 0.177. The van der Waals surface area contributed by atoms with E-state index in [1.807, 2.05) is 48.5 Å². The first kappa shape index (κ1) is 25.6. The van der Waals surface area contributed by atoms with Crippen molar-refractivity contribution in [1.82, 2.24) is 10.6 Å². The molecule has 196 valence electrons. The van der Waals surface area contributed by atoms with Crippen LogP contribution in [-0.4, -0.2) is 32.5 Å². The van der Waals surface area contributed by atoms with Gasteiger partial charge in [0.05, 0.1) is 12.1 Å². The Morgan fingerprint density at radius 2 is 0.711 bits per heavy atom. The maximum Gasteiger partial charge on any atom is 0.120 e. The zero-order valence-corrected chi connectivity index (χ0v) is 21.2. The lowest BCUT2D eigenvalue weighted by Crippen LogP contribution is -2.52. The van der Waals surface area contributed by atoms with Crippen molar-refractivity contribution in [3.63, 3.8) is 0 Å². The van der Waals surface area contributed by atoms with Crippen LogP contribution in [0.5, 0.6) is 23.0 Å². The van der Waals surface area contributed by atoms with Gasteiger partial charge < -0.3 is 31.1 Å². The van der Waals surface area contributed by atoms with Crippen molar-refractivity contribution in [2.45, 2.75) is 49.9 Å². The predicted molar refractivity (Wildman–Crippen MR) is 148 cm³/mol. The molecule has 0 saturated heterocycles. The van der Waals surface area contributed by atoms with Gasteiger partial charge in [-0.25, -0.2) is 0 Å². The standard InChI is InChI=1S/C32H34N2O4/c35-27-17-7-1-11-21(27)31(22-12-2-8-18-28(22)36)33-25-15-5-6-16-26(25)34-32(23-13-3-9-19-29(23)37)24-14-4-10-20-30(24)38/h1-4,7-14,17-20,25-26,31-38H,5-6,15-16H2/t25-,26-/m0/s1. The van der Waals surface area contributed by atoms with Gasteiger partial charge >= 0.3 is 0 Å². The zero-order chi connectivity index (χ0) is 26.5. The summed E-state index contributed by atoms with van der Waals surface area (Å²) in [6, 6.07) is 27.9. The molecule has 4 aromatic rings. The summed E-state index contributed by atoms with van der Waals surface area (Å²) in [7, 11) is 0. The number of hydrogen-bond donors (Lipinski definition) is 6. The number of phenols is 4. The Kier molecular flexibility index (Phi) is 7.82. The summed E-state index contributed by atoms with van der Waals surface area (Å²) in [5.41, 5.74) is 2.76. The van der Waals surface area contributed by atoms with E-state index < -0.39 is 12.1 Å². The second-order valence-corrected chi connectivity index (χ2v) is 9.93. The number of rotatable bonds is 8. The lowest BCUT2D eigenvalue weighted by atomic mass is 9.86. The molecule has 0 aromatic heterocycles. The SMILES string of the molecule is Oc1ccccc1C(N[C@H]1CCCC[C@@H]1NC(c1ccccc1O)c1ccccc1O)c1ccccc1O. The Balaban J connectivity index is 1.50. The summed E-state index contributed by atoms with van der Waals surface area (Å²) >= 11 is 0. The van der Waals surface area contributed by atoms with Gasteiger partial charge in [-0.2, -0.15) is 0 Å². The van der Waals surface area contributed by atoms with Crippen molar-refractivity contribution in [2.75, 3.05) is 0 Å². The first-order valence-electron chi connectivity index (χ1n) is 13.2. The van der Waals surface area contributed by atoms with Crippen LogP contribution in [0.2, 0.25) is 0 Å². The van der Waals surface area contributed by atoms with E-state index >= 15 is 0 Å². The van der Waals surface area contributed by atoms with Gasteiger partial charge in [0, 0.05) is 34.3 Å². The fraction of sp³-hybridized carbons (Fsp3) is 0.250. The molecule has 5 rings (SSSR count). The summed E-state index contributed by atoms with van der Waals surface area (Å²) in [4.78, 5) is 0. The van der Waals surface area contributed by atoms with Crippen LogP contribution in [0, 0.1) is 0 Å². The second-order valence-electron chi connectivity index (χ2n) is 9.93. The average molecular weight is 511 g/mol.